The Morgan fingerprint density at radius 1 is 1.29 bits per heavy atom. The first-order valence-electron chi connectivity index (χ1n) is 6.64. The van der Waals surface area contributed by atoms with Crippen molar-refractivity contribution < 1.29 is 4.74 Å². The van der Waals surface area contributed by atoms with Gasteiger partial charge in [0.2, 0.25) is 0 Å². The number of nitrogen functional groups attached to an aromatic ring is 1. The van der Waals surface area contributed by atoms with Crippen LogP contribution < -0.4 is 16.0 Å². The molecule has 0 saturated heterocycles. The zero-order valence-corrected chi connectivity index (χ0v) is 12.0. The van der Waals surface area contributed by atoms with Gasteiger partial charge in [0.15, 0.2) is 0 Å². The number of nitrogens with zero attached hydrogens (tertiary/aromatic N) is 3. The van der Waals surface area contributed by atoms with Crippen molar-refractivity contribution in [2.75, 3.05) is 12.5 Å². The van der Waals surface area contributed by atoms with Gasteiger partial charge >= 0.3 is 0 Å². The largest absolute Gasteiger partial charge is 0.497 e. The van der Waals surface area contributed by atoms with Gasteiger partial charge in [-0.2, -0.15) is 5.10 Å². The lowest BCUT2D eigenvalue weighted by Crippen LogP contribution is -2.13. The minimum atomic E-state index is 0.613. The number of aromatic nitrogens is 3. The maximum atomic E-state index is 5.60. The van der Waals surface area contributed by atoms with Crippen LogP contribution in [0.2, 0.25) is 0 Å². The Bertz CT molecular complexity index is 781. The highest BCUT2D eigenvalue weighted by molar-refractivity contribution is 5.83. The summed E-state index contributed by atoms with van der Waals surface area (Å²) in [6, 6.07) is 9.82. The van der Waals surface area contributed by atoms with E-state index in [9.17, 15) is 0 Å². The van der Waals surface area contributed by atoms with E-state index in [-0.39, 0.29) is 0 Å². The summed E-state index contributed by atoms with van der Waals surface area (Å²) in [5.74, 6) is 7.01. The van der Waals surface area contributed by atoms with E-state index in [0.717, 1.165) is 27.9 Å². The van der Waals surface area contributed by atoms with Crippen molar-refractivity contribution >= 4 is 16.7 Å². The molecule has 2 aromatic heterocycles. The average Bonchev–Trinajstić information content (AvgIpc) is 2.91. The molecule has 0 aliphatic heterocycles. The van der Waals surface area contributed by atoms with Crippen LogP contribution in [0, 0.1) is 6.92 Å². The molecule has 1 aromatic carbocycles. The molecule has 0 saturated carbocycles. The van der Waals surface area contributed by atoms with Crippen molar-refractivity contribution in [1.82, 2.24) is 14.8 Å². The molecule has 21 heavy (non-hydrogen) atoms. The zero-order chi connectivity index (χ0) is 14.8. The molecule has 0 radical (unpaired) electrons. The van der Waals surface area contributed by atoms with E-state index in [1.54, 1.807) is 7.11 Å². The number of rotatable bonds is 4. The molecule has 0 spiro atoms. The number of benzene rings is 1. The number of hydrogen-bond donors (Lipinski definition) is 2. The lowest BCUT2D eigenvalue weighted by atomic mass is 10.1. The van der Waals surface area contributed by atoms with E-state index >= 15 is 0 Å². The van der Waals surface area contributed by atoms with Crippen LogP contribution in [0.5, 0.6) is 5.75 Å². The molecule has 6 nitrogen and oxygen atoms in total. The highest BCUT2D eigenvalue weighted by Gasteiger charge is 2.08. The Hall–Kier alpha value is -2.60. The molecule has 3 rings (SSSR count). The van der Waals surface area contributed by atoms with Crippen LogP contribution in [0.3, 0.4) is 0 Å². The topological polar surface area (TPSA) is 78.0 Å². The summed E-state index contributed by atoms with van der Waals surface area (Å²) in [6.07, 6.45) is 1.94. The number of pyridine rings is 1. The minimum Gasteiger partial charge on any atom is -0.497 e. The van der Waals surface area contributed by atoms with Crippen LogP contribution in [-0.4, -0.2) is 21.9 Å². The van der Waals surface area contributed by atoms with Crippen LogP contribution in [0.1, 0.15) is 11.3 Å². The normalized spacial score (nSPS) is 10.8. The molecule has 0 aliphatic rings. The quantitative estimate of drug-likeness (QED) is 0.566. The number of nitrogens with two attached hydrogens (primary N) is 1. The second-order valence-electron chi connectivity index (χ2n) is 4.85. The van der Waals surface area contributed by atoms with E-state index in [0.29, 0.717) is 12.4 Å². The van der Waals surface area contributed by atoms with Crippen LogP contribution in [0.25, 0.3) is 10.9 Å². The second-order valence-corrected chi connectivity index (χ2v) is 4.85. The summed E-state index contributed by atoms with van der Waals surface area (Å²) in [7, 11) is 1.64. The molecule has 108 valence electrons. The van der Waals surface area contributed by atoms with Gasteiger partial charge in [-0.25, -0.2) is 10.8 Å². The number of methoxy groups -OCH3 is 1. The minimum absolute atomic E-state index is 0.613. The Morgan fingerprint density at radius 2 is 2.14 bits per heavy atom. The van der Waals surface area contributed by atoms with Gasteiger partial charge in [0, 0.05) is 23.2 Å². The van der Waals surface area contributed by atoms with Crippen molar-refractivity contribution in [2.24, 2.45) is 5.84 Å². The first kappa shape index (κ1) is 13.4. The number of fused-ring (bicyclic) bond motifs is 1. The fourth-order valence-electron chi connectivity index (χ4n) is 2.29. The van der Waals surface area contributed by atoms with Crippen molar-refractivity contribution in [2.45, 2.75) is 13.5 Å². The zero-order valence-electron chi connectivity index (χ0n) is 12.0. The molecule has 0 amide bonds. The van der Waals surface area contributed by atoms with Gasteiger partial charge in [-0.15, -0.1) is 0 Å². The Labute approximate surface area is 122 Å². The van der Waals surface area contributed by atoms with E-state index in [1.165, 1.54) is 0 Å². The lowest BCUT2D eigenvalue weighted by molar-refractivity contribution is 0.415. The third-order valence-corrected chi connectivity index (χ3v) is 3.35. The van der Waals surface area contributed by atoms with E-state index in [1.807, 2.05) is 42.1 Å². The first-order chi connectivity index (χ1) is 10.2. The highest BCUT2D eigenvalue weighted by Crippen LogP contribution is 2.24. The second kappa shape index (κ2) is 5.41. The molecular weight excluding hydrogens is 266 g/mol. The molecule has 0 unspecified atom stereocenters. The lowest BCUT2D eigenvalue weighted by Gasteiger charge is -2.11. The van der Waals surface area contributed by atoms with Gasteiger partial charge in [0.05, 0.1) is 24.9 Å². The smallest absolute Gasteiger partial charge is 0.145 e. The SMILES string of the molecule is COc1ccc2cc(Cn3ccc(C)n3)c(NN)nc2c1. The van der Waals surface area contributed by atoms with Crippen LogP contribution in [-0.2, 0) is 6.54 Å². The van der Waals surface area contributed by atoms with Crippen molar-refractivity contribution in [3.05, 3.63) is 47.8 Å². The van der Waals surface area contributed by atoms with Crippen molar-refractivity contribution in [3.8, 4) is 5.75 Å². The molecule has 6 heteroatoms. The monoisotopic (exact) mass is 283 g/mol. The molecule has 3 aromatic rings. The summed E-state index contributed by atoms with van der Waals surface area (Å²) in [4.78, 5) is 4.55. The standard InChI is InChI=1S/C15H17N5O/c1-10-5-6-20(19-10)9-12-7-11-3-4-13(21-2)8-14(11)17-15(12)18-16/h3-8H,9,16H2,1-2H3,(H,17,18). The van der Waals surface area contributed by atoms with Gasteiger partial charge in [0.1, 0.15) is 11.6 Å². The van der Waals surface area contributed by atoms with Crippen LogP contribution in [0.4, 0.5) is 5.82 Å². The summed E-state index contributed by atoms with van der Waals surface area (Å²) < 4.78 is 7.08. The number of aryl methyl sites for hydroxylation is 1. The van der Waals surface area contributed by atoms with Gasteiger partial charge < -0.3 is 10.2 Å². The molecule has 2 heterocycles. The molecule has 0 bridgehead atoms. The fourth-order valence-corrected chi connectivity index (χ4v) is 2.29. The molecule has 3 N–H and O–H groups in total. The number of nitrogens with one attached hydrogen (secondary N) is 1. The predicted octanol–water partition coefficient (Wildman–Crippen LogP) is 2.08. The third-order valence-electron chi connectivity index (χ3n) is 3.35. The maximum absolute atomic E-state index is 5.60. The first-order valence-corrected chi connectivity index (χ1v) is 6.64. The third kappa shape index (κ3) is 2.66. The number of anilines is 1. The van der Waals surface area contributed by atoms with Crippen molar-refractivity contribution in [1.29, 1.82) is 0 Å². The van der Waals surface area contributed by atoms with Crippen molar-refractivity contribution in [3.63, 3.8) is 0 Å². The predicted molar refractivity (Wildman–Crippen MR) is 82.2 cm³/mol. The van der Waals surface area contributed by atoms with Crippen LogP contribution in [0.15, 0.2) is 36.5 Å². The molecular formula is C15H17N5O. The Kier molecular flexibility index (Phi) is 3.45. The summed E-state index contributed by atoms with van der Waals surface area (Å²) in [5.41, 5.74) is 5.46. The fraction of sp³-hybridized carbons (Fsp3) is 0.200. The van der Waals surface area contributed by atoms with E-state index in [4.69, 9.17) is 10.6 Å². The van der Waals surface area contributed by atoms with Gasteiger partial charge in [-0.3, -0.25) is 4.68 Å². The molecule has 0 fully saturated rings. The average molecular weight is 283 g/mol. The highest BCUT2D eigenvalue weighted by atomic mass is 16.5. The Balaban J connectivity index is 2.04. The summed E-state index contributed by atoms with van der Waals surface area (Å²) in [5, 5.41) is 5.42. The molecule has 0 atom stereocenters. The van der Waals surface area contributed by atoms with E-state index in [2.05, 4.69) is 21.6 Å². The number of hydrazine groups is 1. The van der Waals surface area contributed by atoms with E-state index < -0.39 is 0 Å². The number of hydrogen-bond acceptors (Lipinski definition) is 5. The number of ether oxygens (including phenoxy) is 1. The molecule has 0 aliphatic carbocycles. The van der Waals surface area contributed by atoms with Gasteiger partial charge in [-0.1, -0.05) is 0 Å². The Morgan fingerprint density at radius 3 is 2.81 bits per heavy atom. The summed E-state index contributed by atoms with van der Waals surface area (Å²) >= 11 is 0. The van der Waals surface area contributed by atoms with Crippen LogP contribution >= 0.6 is 0 Å². The van der Waals surface area contributed by atoms with Gasteiger partial charge in [-0.05, 0) is 31.2 Å². The summed E-state index contributed by atoms with van der Waals surface area (Å²) in [6.45, 7) is 2.58. The van der Waals surface area contributed by atoms with Gasteiger partial charge in [0.25, 0.3) is 0 Å². The maximum Gasteiger partial charge on any atom is 0.145 e.